The van der Waals surface area contributed by atoms with Gasteiger partial charge in [0.25, 0.3) is 0 Å². The average molecular weight is 653 g/mol. The van der Waals surface area contributed by atoms with Crippen molar-refractivity contribution in [1.82, 2.24) is 9.80 Å². The molecule has 0 aromatic heterocycles. The van der Waals surface area contributed by atoms with Crippen molar-refractivity contribution in [3.63, 3.8) is 0 Å². The Kier molecular flexibility index (Phi) is 28.1. The monoisotopic (exact) mass is 653 g/mol. The van der Waals surface area contributed by atoms with E-state index in [9.17, 15) is 9.59 Å². The zero-order valence-corrected chi connectivity index (χ0v) is 32.8. The van der Waals surface area contributed by atoms with Gasteiger partial charge in [0.2, 0.25) is 11.8 Å². The number of unbranched alkanes of at least 4 members (excludes halogenated alkanes) is 21. The van der Waals surface area contributed by atoms with Crippen molar-refractivity contribution in [3.05, 3.63) is 0 Å². The third-order valence-electron chi connectivity index (χ3n) is 9.51. The molecule has 0 aliphatic heterocycles. The van der Waals surface area contributed by atoms with Crippen molar-refractivity contribution >= 4 is 11.8 Å². The minimum absolute atomic E-state index is 0.244. The molecule has 0 unspecified atom stereocenters. The van der Waals surface area contributed by atoms with E-state index in [1.807, 2.05) is 0 Å². The lowest BCUT2D eigenvalue weighted by Gasteiger charge is -2.23. The molecule has 0 saturated heterocycles. The topological polar surface area (TPSA) is 40.6 Å². The van der Waals surface area contributed by atoms with Crippen LogP contribution in [0.2, 0.25) is 0 Å². The molecule has 0 saturated carbocycles. The van der Waals surface area contributed by atoms with Crippen LogP contribution in [0, 0.1) is 0 Å². The molecule has 0 bridgehead atoms. The van der Waals surface area contributed by atoms with Gasteiger partial charge in [-0.3, -0.25) is 9.59 Å². The molecule has 6 nitrogen and oxygen atoms in total. The van der Waals surface area contributed by atoms with Crippen LogP contribution in [0.5, 0.6) is 0 Å². The first-order valence-corrected chi connectivity index (χ1v) is 19.9. The van der Waals surface area contributed by atoms with Gasteiger partial charge < -0.3 is 18.8 Å². The summed E-state index contributed by atoms with van der Waals surface area (Å²) in [7, 11) is 13.7. The molecule has 46 heavy (non-hydrogen) atoms. The second-order valence-corrected chi connectivity index (χ2v) is 16.5. The molecule has 0 rings (SSSR count). The molecule has 274 valence electrons. The minimum Gasteiger partial charge on any atom is -0.343 e. The van der Waals surface area contributed by atoms with Crippen molar-refractivity contribution in [2.75, 3.05) is 81.6 Å². The third-order valence-corrected chi connectivity index (χ3v) is 9.51. The standard InChI is InChI=1S/C40H84N4O2/c1-39(45)41(35-29-23-17-11-13-19-25-31-37-43(3,4)5)33-27-21-15-9-10-16-22-28-34-42(40(2)46)36-30-24-18-12-14-20-26-32-38-44(6,7)8/h9-38H2,1-8H3/q+2. The summed E-state index contributed by atoms with van der Waals surface area (Å²) in [5, 5.41) is 0. The number of nitrogens with zero attached hydrogens (tertiary/aromatic N) is 4. The van der Waals surface area contributed by atoms with Crippen molar-refractivity contribution < 1.29 is 18.6 Å². The molecule has 2 amide bonds. The number of carbonyl (C=O) groups is 2. The van der Waals surface area contributed by atoms with Gasteiger partial charge in [-0.15, -0.1) is 0 Å². The lowest BCUT2D eigenvalue weighted by atomic mass is 10.1. The van der Waals surface area contributed by atoms with Crippen molar-refractivity contribution in [1.29, 1.82) is 0 Å². The van der Waals surface area contributed by atoms with E-state index in [1.165, 1.54) is 142 Å². The summed E-state index contributed by atoms with van der Waals surface area (Å²) in [4.78, 5) is 28.4. The van der Waals surface area contributed by atoms with Crippen LogP contribution >= 0.6 is 0 Å². The van der Waals surface area contributed by atoms with Crippen LogP contribution in [0.25, 0.3) is 0 Å². The molecule has 0 aliphatic rings. The minimum atomic E-state index is 0.244. The highest BCUT2D eigenvalue weighted by Gasteiger charge is 2.10. The molecule has 0 radical (unpaired) electrons. The highest BCUT2D eigenvalue weighted by Crippen LogP contribution is 2.14. The maximum absolute atomic E-state index is 12.1. The van der Waals surface area contributed by atoms with Crippen LogP contribution in [0.4, 0.5) is 0 Å². The van der Waals surface area contributed by atoms with E-state index in [-0.39, 0.29) is 11.8 Å². The highest BCUT2D eigenvalue weighted by atomic mass is 16.2. The van der Waals surface area contributed by atoms with Crippen molar-refractivity contribution in [2.24, 2.45) is 0 Å². The van der Waals surface area contributed by atoms with Crippen LogP contribution in [-0.4, -0.2) is 112 Å². The molecule has 0 aliphatic carbocycles. The van der Waals surface area contributed by atoms with E-state index >= 15 is 0 Å². The van der Waals surface area contributed by atoms with Crippen LogP contribution < -0.4 is 0 Å². The number of hydrogen-bond donors (Lipinski definition) is 0. The molecule has 0 heterocycles. The zero-order valence-electron chi connectivity index (χ0n) is 32.8. The predicted molar refractivity (Wildman–Crippen MR) is 201 cm³/mol. The van der Waals surface area contributed by atoms with E-state index in [0.717, 1.165) is 60.8 Å². The first kappa shape index (κ1) is 44.9. The van der Waals surface area contributed by atoms with Gasteiger partial charge in [0.15, 0.2) is 0 Å². The smallest absolute Gasteiger partial charge is 0.219 e. The number of quaternary nitrogens is 2. The summed E-state index contributed by atoms with van der Waals surface area (Å²) in [5.74, 6) is 0.489. The summed E-state index contributed by atoms with van der Waals surface area (Å²) >= 11 is 0. The fraction of sp³-hybridized carbons (Fsp3) is 0.950. The van der Waals surface area contributed by atoms with Crippen LogP contribution in [0.3, 0.4) is 0 Å². The quantitative estimate of drug-likeness (QED) is 0.0523. The maximum atomic E-state index is 12.1. The molecule has 0 aromatic rings. The number of rotatable bonds is 33. The van der Waals surface area contributed by atoms with E-state index in [1.54, 1.807) is 13.8 Å². The number of carbonyl (C=O) groups excluding carboxylic acids is 2. The SMILES string of the molecule is CC(=O)N(CCCCCCCCCCN(CCCCCCCCCC[N+](C)(C)C)C(C)=O)CCCCCCCCCC[N+](C)(C)C. The maximum Gasteiger partial charge on any atom is 0.219 e. The normalized spacial score (nSPS) is 12.1. The fourth-order valence-electron chi connectivity index (χ4n) is 6.42. The number of amides is 2. The lowest BCUT2D eigenvalue weighted by molar-refractivity contribution is -0.870. The van der Waals surface area contributed by atoms with Gasteiger partial charge in [-0.05, 0) is 51.4 Å². The molecule has 6 heteroatoms. The van der Waals surface area contributed by atoms with Gasteiger partial charge in [0.05, 0.1) is 55.4 Å². The molecule has 0 fully saturated rings. The van der Waals surface area contributed by atoms with Gasteiger partial charge >= 0.3 is 0 Å². The van der Waals surface area contributed by atoms with Gasteiger partial charge in [-0.2, -0.15) is 0 Å². The van der Waals surface area contributed by atoms with E-state index in [4.69, 9.17) is 0 Å². The zero-order chi connectivity index (χ0) is 34.5. The largest absolute Gasteiger partial charge is 0.343 e. The van der Waals surface area contributed by atoms with E-state index in [0.29, 0.717) is 0 Å². The Balaban J connectivity index is 3.67. The van der Waals surface area contributed by atoms with Gasteiger partial charge in [-0.1, -0.05) is 103 Å². The molecular weight excluding hydrogens is 568 g/mol. The Morgan fingerprint density at radius 2 is 0.500 bits per heavy atom. The summed E-state index contributed by atoms with van der Waals surface area (Å²) in [5.41, 5.74) is 0. The molecule has 0 aromatic carbocycles. The molecule has 0 atom stereocenters. The second-order valence-electron chi connectivity index (χ2n) is 16.5. The van der Waals surface area contributed by atoms with Gasteiger partial charge in [-0.25, -0.2) is 0 Å². The van der Waals surface area contributed by atoms with Gasteiger partial charge in [0.1, 0.15) is 0 Å². The first-order valence-electron chi connectivity index (χ1n) is 19.9. The van der Waals surface area contributed by atoms with Crippen LogP contribution in [0.1, 0.15) is 168 Å². The third kappa shape index (κ3) is 32.8. The summed E-state index contributed by atoms with van der Waals surface area (Å²) in [6.45, 7) is 9.77. The fourth-order valence-corrected chi connectivity index (χ4v) is 6.42. The molecular formula is C40H84N4O2+2. The van der Waals surface area contributed by atoms with Crippen LogP contribution in [-0.2, 0) is 9.59 Å². The summed E-state index contributed by atoms with van der Waals surface area (Å²) in [6.07, 6.45) is 30.9. The van der Waals surface area contributed by atoms with E-state index < -0.39 is 0 Å². The van der Waals surface area contributed by atoms with Crippen LogP contribution in [0.15, 0.2) is 0 Å². The highest BCUT2D eigenvalue weighted by molar-refractivity contribution is 5.73. The molecule has 0 spiro atoms. The molecule has 0 N–H and O–H groups in total. The Morgan fingerprint density at radius 3 is 0.674 bits per heavy atom. The first-order chi connectivity index (χ1) is 21.8. The van der Waals surface area contributed by atoms with Gasteiger partial charge in [0, 0.05) is 40.0 Å². The summed E-state index contributed by atoms with van der Waals surface area (Å²) in [6, 6.07) is 0. The second kappa shape index (κ2) is 28.8. The Hall–Kier alpha value is -1.14. The predicted octanol–water partition coefficient (Wildman–Crippen LogP) is 9.46. The number of hydrogen-bond acceptors (Lipinski definition) is 2. The van der Waals surface area contributed by atoms with Crippen molar-refractivity contribution in [2.45, 2.75) is 168 Å². The Labute approximate surface area is 289 Å². The lowest BCUT2D eigenvalue weighted by Crippen LogP contribution is -2.35. The Bertz CT molecular complexity index is 653. The summed E-state index contributed by atoms with van der Waals surface area (Å²) < 4.78 is 2.16. The van der Waals surface area contributed by atoms with E-state index in [2.05, 4.69) is 52.1 Å². The Morgan fingerprint density at radius 1 is 0.326 bits per heavy atom. The van der Waals surface area contributed by atoms with Crippen molar-refractivity contribution in [3.8, 4) is 0 Å². The average Bonchev–Trinajstić information content (AvgIpc) is 2.96.